The summed E-state index contributed by atoms with van der Waals surface area (Å²) >= 11 is 5.79. The molecule has 0 saturated carbocycles. The predicted octanol–water partition coefficient (Wildman–Crippen LogP) is 1.78. The molecule has 0 radical (unpaired) electrons. The molecule has 0 bridgehead atoms. The van der Waals surface area contributed by atoms with Gasteiger partial charge in [-0.05, 0) is 25.2 Å². The van der Waals surface area contributed by atoms with Crippen molar-refractivity contribution in [3.05, 3.63) is 53.6 Å². The lowest BCUT2D eigenvalue weighted by Crippen LogP contribution is -2.22. The van der Waals surface area contributed by atoms with E-state index >= 15 is 0 Å². The molecule has 7 nitrogen and oxygen atoms in total. The van der Waals surface area contributed by atoms with E-state index in [-0.39, 0.29) is 5.02 Å². The molecule has 0 aliphatic heterocycles. The van der Waals surface area contributed by atoms with Gasteiger partial charge in [0, 0.05) is 19.6 Å². The number of rotatable bonds is 6. The Morgan fingerprint density at radius 1 is 1.26 bits per heavy atom. The van der Waals surface area contributed by atoms with E-state index in [1.54, 1.807) is 29.6 Å². The SMILES string of the molecule is CN(CCn1cnnc1)Cc1cn(-c2ccc(F)c(Cl)c2)nn1. The molecule has 3 rings (SSSR count). The Labute approximate surface area is 137 Å². The highest BCUT2D eigenvalue weighted by Crippen LogP contribution is 2.18. The van der Waals surface area contributed by atoms with Crippen LogP contribution in [0.25, 0.3) is 5.69 Å². The summed E-state index contributed by atoms with van der Waals surface area (Å²) in [7, 11) is 2.00. The molecule has 0 N–H and O–H groups in total. The number of nitrogens with zero attached hydrogens (tertiary/aromatic N) is 7. The highest BCUT2D eigenvalue weighted by molar-refractivity contribution is 6.30. The van der Waals surface area contributed by atoms with E-state index in [2.05, 4.69) is 25.4 Å². The van der Waals surface area contributed by atoms with Gasteiger partial charge < -0.3 is 4.57 Å². The van der Waals surface area contributed by atoms with Crippen LogP contribution in [-0.4, -0.2) is 48.3 Å². The Morgan fingerprint density at radius 2 is 2.04 bits per heavy atom. The van der Waals surface area contributed by atoms with E-state index in [4.69, 9.17) is 11.6 Å². The lowest BCUT2D eigenvalue weighted by atomic mass is 10.3. The average molecular weight is 336 g/mol. The topological polar surface area (TPSA) is 64.7 Å². The molecule has 3 aromatic rings. The van der Waals surface area contributed by atoms with Gasteiger partial charge in [-0.2, -0.15) is 0 Å². The molecule has 0 spiro atoms. The van der Waals surface area contributed by atoms with Crippen LogP contribution in [0.2, 0.25) is 5.02 Å². The summed E-state index contributed by atoms with van der Waals surface area (Å²) < 4.78 is 16.7. The van der Waals surface area contributed by atoms with Crippen molar-refractivity contribution in [2.24, 2.45) is 0 Å². The molecule has 0 aliphatic carbocycles. The first-order valence-corrected chi connectivity index (χ1v) is 7.37. The van der Waals surface area contributed by atoms with Gasteiger partial charge in [0.05, 0.1) is 22.6 Å². The normalized spacial score (nSPS) is 11.3. The van der Waals surface area contributed by atoms with E-state index in [0.717, 1.165) is 18.8 Å². The number of aromatic nitrogens is 6. The largest absolute Gasteiger partial charge is 0.319 e. The Bertz CT molecular complexity index is 771. The van der Waals surface area contributed by atoms with Crippen molar-refractivity contribution >= 4 is 11.6 Å². The van der Waals surface area contributed by atoms with E-state index in [0.29, 0.717) is 12.2 Å². The number of hydrogen-bond donors (Lipinski definition) is 0. The highest BCUT2D eigenvalue weighted by Gasteiger charge is 2.08. The van der Waals surface area contributed by atoms with E-state index < -0.39 is 5.82 Å². The van der Waals surface area contributed by atoms with Crippen LogP contribution in [0.15, 0.2) is 37.1 Å². The van der Waals surface area contributed by atoms with Crippen molar-refractivity contribution in [1.82, 2.24) is 34.7 Å². The predicted molar refractivity (Wildman–Crippen MR) is 82.7 cm³/mol. The van der Waals surface area contributed by atoms with Crippen LogP contribution in [0.3, 0.4) is 0 Å². The molecule has 0 aliphatic rings. The zero-order valence-electron chi connectivity index (χ0n) is 12.5. The van der Waals surface area contributed by atoms with Crippen molar-refractivity contribution in [1.29, 1.82) is 0 Å². The second-order valence-electron chi connectivity index (χ2n) is 5.19. The molecule has 120 valence electrons. The van der Waals surface area contributed by atoms with Gasteiger partial charge in [0.1, 0.15) is 18.5 Å². The summed E-state index contributed by atoms with van der Waals surface area (Å²) in [6, 6.07) is 4.44. The third-order valence-corrected chi connectivity index (χ3v) is 3.64. The van der Waals surface area contributed by atoms with Crippen molar-refractivity contribution in [2.75, 3.05) is 13.6 Å². The fraction of sp³-hybridized carbons (Fsp3) is 0.286. The van der Waals surface area contributed by atoms with Gasteiger partial charge in [0.15, 0.2) is 0 Å². The summed E-state index contributed by atoms with van der Waals surface area (Å²) in [4.78, 5) is 2.12. The maximum Gasteiger partial charge on any atom is 0.141 e. The smallest absolute Gasteiger partial charge is 0.141 e. The summed E-state index contributed by atoms with van der Waals surface area (Å²) in [5, 5.41) is 15.8. The second kappa shape index (κ2) is 6.84. The molecule has 0 amide bonds. The van der Waals surface area contributed by atoms with Gasteiger partial charge >= 0.3 is 0 Å². The average Bonchev–Trinajstić information content (AvgIpc) is 3.19. The summed E-state index contributed by atoms with van der Waals surface area (Å²) in [6.07, 6.45) is 5.17. The zero-order chi connectivity index (χ0) is 16.2. The van der Waals surface area contributed by atoms with Gasteiger partial charge in [0.2, 0.25) is 0 Å². The highest BCUT2D eigenvalue weighted by atomic mass is 35.5. The fourth-order valence-electron chi connectivity index (χ4n) is 2.10. The molecule has 9 heteroatoms. The lowest BCUT2D eigenvalue weighted by molar-refractivity contribution is 0.307. The zero-order valence-corrected chi connectivity index (χ0v) is 13.2. The Hall–Kier alpha value is -2.32. The second-order valence-corrected chi connectivity index (χ2v) is 5.60. The summed E-state index contributed by atoms with van der Waals surface area (Å²) in [5.41, 5.74) is 1.49. The van der Waals surface area contributed by atoms with Crippen LogP contribution in [0, 0.1) is 5.82 Å². The minimum atomic E-state index is -0.454. The maximum atomic E-state index is 13.2. The van der Waals surface area contributed by atoms with E-state index in [1.165, 1.54) is 12.1 Å². The van der Waals surface area contributed by atoms with E-state index in [1.807, 2.05) is 11.6 Å². The van der Waals surface area contributed by atoms with Gasteiger partial charge in [-0.15, -0.1) is 15.3 Å². The fourth-order valence-corrected chi connectivity index (χ4v) is 2.28. The van der Waals surface area contributed by atoms with Crippen LogP contribution < -0.4 is 0 Å². The van der Waals surface area contributed by atoms with Crippen molar-refractivity contribution in [3.63, 3.8) is 0 Å². The van der Waals surface area contributed by atoms with Gasteiger partial charge in [0.25, 0.3) is 0 Å². The molecule has 1 aromatic carbocycles. The number of halogens is 2. The molecular formula is C14H15ClFN7. The molecule has 2 heterocycles. The molecule has 23 heavy (non-hydrogen) atoms. The quantitative estimate of drug-likeness (QED) is 0.687. The third-order valence-electron chi connectivity index (χ3n) is 3.35. The van der Waals surface area contributed by atoms with Crippen molar-refractivity contribution in [2.45, 2.75) is 13.1 Å². The number of likely N-dealkylation sites (N-methyl/N-ethyl adjacent to an activating group) is 1. The molecule has 0 atom stereocenters. The summed E-state index contributed by atoms with van der Waals surface area (Å²) in [6.45, 7) is 2.27. The minimum Gasteiger partial charge on any atom is -0.319 e. The Morgan fingerprint density at radius 3 is 2.78 bits per heavy atom. The third kappa shape index (κ3) is 3.91. The van der Waals surface area contributed by atoms with Gasteiger partial charge in [-0.3, -0.25) is 4.90 Å². The first kappa shape index (κ1) is 15.6. The Kier molecular flexibility index (Phi) is 4.63. The Balaban J connectivity index is 1.61. The van der Waals surface area contributed by atoms with Crippen molar-refractivity contribution in [3.8, 4) is 5.69 Å². The maximum absolute atomic E-state index is 13.2. The van der Waals surface area contributed by atoms with Crippen LogP contribution >= 0.6 is 11.6 Å². The lowest BCUT2D eigenvalue weighted by Gasteiger charge is -2.14. The van der Waals surface area contributed by atoms with Crippen LogP contribution in [-0.2, 0) is 13.1 Å². The first-order chi connectivity index (χ1) is 11.1. The van der Waals surface area contributed by atoms with Crippen LogP contribution in [0.1, 0.15) is 5.69 Å². The van der Waals surface area contributed by atoms with Crippen molar-refractivity contribution < 1.29 is 4.39 Å². The standard InChI is InChI=1S/C14H15ClFN7/c1-21(4-5-22-9-17-18-10-22)7-11-8-23(20-19-11)12-2-3-14(16)13(15)6-12/h2-3,6,8-10H,4-5,7H2,1H3. The van der Waals surface area contributed by atoms with Crippen LogP contribution in [0.4, 0.5) is 4.39 Å². The molecule has 0 saturated heterocycles. The van der Waals surface area contributed by atoms with E-state index in [9.17, 15) is 4.39 Å². The molecule has 0 unspecified atom stereocenters. The first-order valence-electron chi connectivity index (χ1n) is 6.99. The van der Waals surface area contributed by atoms with Gasteiger partial charge in [-0.1, -0.05) is 16.8 Å². The number of hydrogen-bond acceptors (Lipinski definition) is 5. The van der Waals surface area contributed by atoms with Crippen LogP contribution in [0.5, 0.6) is 0 Å². The monoisotopic (exact) mass is 335 g/mol. The summed E-state index contributed by atoms with van der Waals surface area (Å²) in [5.74, 6) is -0.454. The molecular weight excluding hydrogens is 321 g/mol. The molecule has 0 fully saturated rings. The number of benzene rings is 1. The molecule has 2 aromatic heterocycles. The van der Waals surface area contributed by atoms with Gasteiger partial charge in [-0.25, -0.2) is 9.07 Å². The minimum absolute atomic E-state index is 0.0607.